The zero-order valence-corrected chi connectivity index (χ0v) is 15.5. The number of anilines is 2. The number of aromatic amines is 1. The molecule has 0 saturated carbocycles. The maximum Gasteiger partial charge on any atom is 0.330 e. The number of nitrogen functional groups attached to an aromatic ring is 1. The van der Waals surface area contributed by atoms with Crippen molar-refractivity contribution in [2.24, 2.45) is 5.92 Å². The fourth-order valence-electron chi connectivity index (χ4n) is 3.37. The number of benzene rings is 1. The van der Waals surface area contributed by atoms with Crippen molar-refractivity contribution in [1.82, 2.24) is 9.55 Å². The molecule has 1 aliphatic rings. The molecule has 1 aliphatic heterocycles. The summed E-state index contributed by atoms with van der Waals surface area (Å²) in [5.41, 5.74) is 6.65. The molecule has 3 N–H and O–H groups in total. The van der Waals surface area contributed by atoms with Crippen molar-refractivity contribution < 1.29 is 9.47 Å². The number of hydrogen-bond donors (Lipinski definition) is 2. The summed E-state index contributed by atoms with van der Waals surface area (Å²) in [6, 6.07) is 9.87. The van der Waals surface area contributed by atoms with Crippen molar-refractivity contribution in [3.05, 3.63) is 56.7 Å². The summed E-state index contributed by atoms with van der Waals surface area (Å²) >= 11 is 0. The van der Waals surface area contributed by atoms with E-state index in [1.165, 1.54) is 4.57 Å². The van der Waals surface area contributed by atoms with E-state index in [-0.39, 0.29) is 12.4 Å². The Labute approximate surface area is 157 Å². The third-order valence-corrected chi connectivity index (χ3v) is 4.77. The maximum absolute atomic E-state index is 12.6. The largest absolute Gasteiger partial charge is 0.383 e. The molecule has 8 heteroatoms. The minimum atomic E-state index is -0.526. The Kier molecular flexibility index (Phi) is 6.31. The van der Waals surface area contributed by atoms with Gasteiger partial charge >= 0.3 is 5.69 Å². The smallest absolute Gasteiger partial charge is 0.330 e. The molecule has 146 valence electrons. The van der Waals surface area contributed by atoms with Crippen LogP contribution in [0.4, 0.5) is 11.5 Å². The molecule has 27 heavy (non-hydrogen) atoms. The Bertz CT molecular complexity index is 856. The predicted molar refractivity (Wildman–Crippen MR) is 104 cm³/mol. The molecule has 1 saturated heterocycles. The number of methoxy groups -OCH3 is 1. The summed E-state index contributed by atoms with van der Waals surface area (Å²) < 4.78 is 11.9. The second-order valence-electron chi connectivity index (χ2n) is 6.73. The van der Waals surface area contributed by atoms with Crippen molar-refractivity contribution in [3.8, 4) is 0 Å². The van der Waals surface area contributed by atoms with Crippen molar-refractivity contribution in [2.75, 3.05) is 44.1 Å². The zero-order valence-electron chi connectivity index (χ0n) is 15.5. The first-order valence-corrected chi connectivity index (χ1v) is 9.08. The van der Waals surface area contributed by atoms with Gasteiger partial charge in [-0.3, -0.25) is 14.3 Å². The summed E-state index contributed by atoms with van der Waals surface area (Å²) in [6.45, 7) is 3.13. The third kappa shape index (κ3) is 4.58. The van der Waals surface area contributed by atoms with Gasteiger partial charge in [-0.05, 0) is 12.0 Å². The lowest BCUT2D eigenvalue weighted by Crippen LogP contribution is -2.40. The molecule has 1 fully saturated rings. The molecule has 0 aliphatic carbocycles. The van der Waals surface area contributed by atoms with Gasteiger partial charge in [-0.1, -0.05) is 30.3 Å². The van der Waals surface area contributed by atoms with Crippen LogP contribution in [0.25, 0.3) is 0 Å². The predicted octanol–water partition coefficient (Wildman–Crippen LogP) is 0.808. The fourth-order valence-corrected chi connectivity index (χ4v) is 3.37. The molecule has 2 aromatic rings. The normalized spacial score (nSPS) is 16.6. The highest BCUT2D eigenvalue weighted by molar-refractivity contribution is 5.62. The topological polar surface area (TPSA) is 103 Å². The number of nitrogens with two attached hydrogens (primary N) is 1. The second-order valence-corrected chi connectivity index (χ2v) is 6.73. The van der Waals surface area contributed by atoms with E-state index in [1.54, 1.807) is 7.11 Å². The van der Waals surface area contributed by atoms with Crippen LogP contribution < -0.4 is 21.9 Å². The summed E-state index contributed by atoms with van der Waals surface area (Å²) in [5.74, 6) is 0.475. The molecule has 1 aromatic heterocycles. The van der Waals surface area contributed by atoms with Crippen LogP contribution in [0.15, 0.2) is 39.9 Å². The zero-order chi connectivity index (χ0) is 19.2. The lowest BCUT2D eigenvalue weighted by molar-refractivity contribution is 0.186. The van der Waals surface area contributed by atoms with Gasteiger partial charge in [0.2, 0.25) is 0 Å². The van der Waals surface area contributed by atoms with Crippen LogP contribution in [-0.4, -0.2) is 43.0 Å². The number of aromatic nitrogens is 2. The highest BCUT2D eigenvalue weighted by atomic mass is 16.5. The van der Waals surface area contributed by atoms with E-state index in [0.29, 0.717) is 37.9 Å². The van der Waals surface area contributed by atoms with Crippen molar-refractivity contribution in [3.63, 3.8) is 0 Å². The van der Waals surface area contributed by atoms with E-state index >= 15 is 0 Å². The number of nitrogens with one attached hydrogen (secondary N) is 1. The maximum atomic E-state index is 12.6. The standard InChI is InChI=1S/C19H26N4O4/c1-26-10-8-23-17(20)16(18(24)21-19(23)25)22(12-15-7-9-27-13-15)11-14-5-3-2-4-6-14/h2-6,15H,7-13,20H2,1H3,(H,21,24,25). The second kappa shape index (κ2) is 8.88. The minimum Gasteiger partial charge on any atom is -0.383 e. The molecule has 1 unspecified atom stereocenters. The molecule has 1 atom stereocenters. The number of rotatable bonds is 8. The highest BCUT2D eigenvalue weighted by Gasteiger charge is 2.24. The molecule has 2 heterocycles. The van der Waals surface area contributed by atoms with Crippen LogP contribution >= 0.6 is 0 Å². The quantitative estimate of drug-likeness (QED) is 0.709. The summed E-state index contributed by atoms with van der Waals surface area (Å²) in [6.07, 6.45) is 0.937. The van der Waals surface area contributed by atoms with Crippen LogP contribution in [0.5, 0.6) is 0 Å². The number of hydrogen-bond acceptors (Lipinski definition) is 6. The van der Waals surface area contributed by atoms with E-state index in [1.807, 2.05) is 35.2 Å². The van der Waals surface area contributed by atoms with E-state index in [9.17, 15) is 9.59 Å². The Morgan fingerprint density at radius 3 is 2.78 bits per heavy atom. The van der Waals surface area contributed by atoms with Gasteiger partial charge in [0.15, 0.2) is 0 Å². The molecule has 0 spiro atoms. The monoisotopic (exact) mass is 374 g/mol. The first kappa shape index (κ1) is 19.2. The van der Waals surface area contributed by atoms with E-state index in [4.69, 9.17) is 15.2 Å². The first-order valence-electron chi connectivity index (χ1n) is 9.08. The SMILES string of the molecule is COCCn1c(N)c(N(Cc2ccccc2)CC2CCOC2)c(=O)[nH]c1=O. The summed E-state index contributed by atoms with van der Waals surface area (Å²) in [4.78, 5) is 29.2. The van der Waals surface area contributed by atoms with Gasteiger partial charge < -0.3 is 20.1 Å². The van der Waals surface area contributed by atoms with Crippen LogP contribution in [0.2, 0.25) is 0 Å². The average Bonchev–Trinajstić information content (AvgIpc) is 3.15. The molecule has 0 radical (unpaired) electrons. The Balaban J connectivity index is 1.99. The highest BCUT2D eigenvalue weighted by Crippen LogP contribution is 2.23. The minimum absolute atomic E-state index is 0.163. The summed E-state index contributed by atoms with van der Waals surface area (Å²) in [5, 5.41) is 0. The molecule has 0 bridgehead atoms. The van der Waals surface area contributed by atoms with Crippen molar-refractivity contribution in [1.29, 1.82) is 0 Å². The molecule has 1 aromatic carbocycles. The van der Waals surface area contributed by atoms with Gasteiger partial charge in [0, 0.05) is 32.7 Å². The lowest BCUT2D eigenvalue weighted by atomic mass is 10.1. The molecule has 8 nitrogen and oxygen atoms in total. The fraction of sp³-hybridized carbons (Fsp3) is 0.474. The third-order valence-electron chi connectivity index (χ3n) is 4.77. The first-order chi connectivity index (χ1) is 13.1. The number of H-pyrrole nitrogens is 1. The lowest BCUT2D eigenvalue weighted by Gasteiger charge is -2.28. The van der Waals surface area contributed by atoms with Crippen LogP contribution in [0, 0.1) is 5.92 Å². The number of ether oxygens (including phenoxy) is 2. The molecular formula is C19H26N4O4. The van der Waals surface area contributed by atoms with Gasteiger partial charge in [0.25, 0.3) is 5.56 Å². The van der Waals surface area contributed by atoms with Gasteiger partial charge in [-0.25, -0.2) is 4.79 Å². The van der Waals surface area contributed by atoms with Crippen LogP contribution in [0.3, 0.4) is 0 Å². The molecular weight excluding hydrogens is 348 g/mol. The Morgan fingerprint density at radius 1 is 1.33 bits per heavy atom. The van der Waals surface area contributed by atoms with E-state index < -0.39 is 11.2 Å². The number of nitrogens with zero attached hydrogens (tertiary/aromatic N) is 2. The molecule has 0 amide bonds. The van der Waals surface area contributed by atoms with Gasteiger partial charge in [-0.15, -0.1) is 0 Å². The Hall–Kier alpha value is -2.58. The van der Waals surface area contributed by atoms with Gasteiger partial charge in [0.1, 0.15) is 11.5 Å². The van der Waals surface area contributed by atoms with E-state index in [0.717, 1.165) is 18.6 Å². The van der Waals surface area contributed by atoms with Crippen molar-refractivity contribution in [2.45, 2.75) is 19.5 Å². The molecule has 3 rings (SSSR count). The van der Waals surface area contributed by atoms with Gasteiger partial charge in [0.05, 0.1) is 19.8 Å². The summed E-state index contributed by atoms with van der Waals surface area (Å²) in [7, 11) is 1.55. The van der Waals surface area contributed by atoms with Crippen LogP contribution in [0.1, 0.15) is 12.0 Å². The Morgan fingerprint density at radius 2 is 2.11 bits per heavy atom. The average molecular weight is 374 g/mol. The van der Waals surface area contributed by atoms with E-state index in [2.05, 4.69) is 4.98 Å². The van der Waals surface area contributed by atoms with Crippen LogP contribution in [-0.2, 0) is 22.6 Å². The van der Waals surface area contributed by atoms with Crippen molar-refractivity contribution >= 4 is 11.5 Å². The van der Waals surface area contributed by atoms with Gasteiger partial charge in [-0.2, -0.15) is 0 Å².